The first kappa shape index (κ1) is 17.2. The average Bonchev–Trinajstić information content (AvgIpc) is 3.04. The fourth-order valence-electron chi connectivity index (χ4n) is 2.51. The maximum Gasteiger partial charge on any atom is 0.248 e. The van der Waals surface area contributed by atoms with E-state index in [4.69, 9.17) is 5.73 Å². The minimum atomic E-state index is -0.410. The van der Waals surface area contributed by atoms with E-state index < -0.39 is 5.91 Å². The van der Waals surface area contributed by atoms with Gasteiger partial charge in [0.15, 0.2) is 11.0 Å². The van der Waals surface area contributed by atoms with Gasteiger partial charge in [-0.3, -0.25) is 4.79 Å². The molecule has 3 aromatic rings. The van der Waals surface area contributed by atoms with Crippen LogP contribution in [-0.4, -0.2) is 20.7 Å². The number of hydrogen-bond acceptors (Lipinski definition) is 4. The van der Waals surface area contributed by atoms with E-state index in [9.17, 15) is 4.79 Å². The van der Waals surface area contributed by atoms with Crippen LogP contribution in [-0.2, 0) is 12.3 Å². The predicted octanol–water partition coefficient (Wildman–Crippen LogP) is 3.66. The van der Waals surface area contributed by atoms with Crippen molar-refractivity contribution in [3.63, 3.8) is 0 Å². The quantitative estimate of drug-likeness (QED) is 0.687. The van der Waals surface area contributed by atoms with Crippen LogP contribution in [0.5, 0.6) is 0 Å². The fraction of sp³-hybridized carbons (Fsp3) is 0.211. The van der Waals surface area contributed by atoms with Gasteiger partial charge in [-0.05, 0) is 31.5 Å². The first-order valence-corrected chi connectivity index (χ1v) is 9.09. The lowest BCUT2D eigenvalue weighted by Crippen LogP contribution is -2.10. The van der Waals surface area contributed by atoms with E-state index in [1.54, 1.807) is 23.9 Å². The van der Waals surface area contributed by atoms with Gasteiger partial charge in [0.25, 0.3) is 0 Å². The summed E-state index contributed by atoms with van der Waals surface area (Å²) in [6.45, 7) is 4.96. The van der Waals surface area contributed by atoms with Crippen molar-refractivity contribution >= 4 is 17.7 Å². The summed E-state index contributed by atoms with van der Waals surface area (Å²) in [7, 11) is 0. The van der Waals surface area contributed by atoms with Gasteiger partial charge in [-0.25, -0.2) is 0 Å². The molecule has 1 aromatic heterocycles. The molecule has 0 atom stereocenters. The summed E-state index contributed by atoms with van der Waals surface area (Å²) < 4.78 is 2.12. The number of benzene rings is 2. The maximum atomic E-state index is 11.1. The molecule has 0 aliphatic rings. The maximum absolute atomic E-state index is 11.1. The van der Waals surface area contributed by atoms with Crippen molar-refractivity contribution in [3.05, 3.63) is 65.2 Å². The molecule has 0 radical (unpaired) electrons. The molecule has 0 aliphatic heterocycles. The van der Waals surface area contributed by atoms with Crippen molar-refractivity contribution < 1.29 is 4.79 Å². The highest BCUT2D eigenvalue weighted by atomic mass is 32.2. The summed E-state index contributed by atoms with van der Waals surface area (Å²) in [5.74, 6) is 1.23. The second kappa shape index (κ2) is 7.53. The number of primary amides is 1. The molecule has 1 heterocycles. The summed E-state index contributed by atoms with van der Waals surface area (Å²) in [4.78, 5) is 11.1. The van der Waals surface area contributed by atoms with Gasteiger partial charge in [0.1, 0.15) is 0 Å². The van der Waals surface area contributed by atoms with Gasteiger partial charge in [-0.15, -0.1) is 10.2 Å². The standard InChI is InChI=1S/C19H20N4OS/c1-3-23-18(16-8-4-13(2)5-9-16)21-22-19(23)25-12-14-6-10-15(11-7-14)17(20)24/h4-11H,3,12H2,1-2H3,(H2,20,24). The van der Waals surface area contributed by atoms with Crippen LogP contribution in [0.1, 0.15) is 28.4 Å². The summed E-state index contributed by atoms with van der Waals surface area (Å²) in [6, 6.07) is 15.6. The summed E-state index contributed by atoms with van der Waals surface area (Å²) >= 11 is 1.63. The molecule has 0 saturated carbocycles. The molecule has 0 saturated heterocycles. The molecule has 6 heteroatoms. The van der Waals surface area contributed by atoms with Crippen LogP contribution < -0.4 is 5.73 Å². The van der Waals surface area contributed by atoms with Crippen molar-refractivity contribution in [2.75, 3.05) is 0 Å². The molecule has 1 amide bonds. The van der Waals surface area contributed by atoms with E-state index >= 15 is 0 Å². The zero-order valence-corrected chi connectivity index (χ0v) is 15.1. The number of aromatic nitrogens is 3. The number of hydrogen-bond donors (Lipinski definition) is 1. The molecule has 2 N–H and O–H groups in total. The van der Waals surface area contributed by atoms with Crippen molar-refractivity contribution in [2.45, 2.75) is 31.3 Å². The molecule has 0 fully saturated rings. The van der Waals surface area contributed by atoms with Crippen LogP contribution >= 0.6 is 11.8 Å². The SMILES string of the molecule is CCn1c(SCc2ccc(C(N)=O)cc2)nnc1-c1ccc(C)cc1. The lowest BCUT2D eigenvalue weighted by Gasteiger charge is -2.08. The van der Waals surface area contributed by atoms with Gasteiger partial charge >= 0.3 is 0 Å². The zero-order valence-electron chi connectivity index (χ0n) is 14.3. The van der Waals surface area contributed by atoms with Gasteiger partial charge in [-0.2, -0.15) is 0 Å². The Morgan fingerprint density at radius 1 is 1.08 bits per heavy atom. The zero-order chi connectivity index (χ0) is 17.8. The molecule has 2 aromatic carbocycles. The third-order valence-electron chi connectivity index (χ3n) is 3.95. The lowest BCUT2D eigenvalue weighted by atomic mass is 10.1. The highest BCUT2D eigenvalue weighted by molar-refractivity contribution is 7.98. The first-order valence-electron chi connectivity index (χ1n) is 8.10. The normalized spacial score (nSPS) is 10.8. The summed E-state index contributed by atoms with van der Waals surface area (Å²) in [6.07, 6.45) is 0. The van der Waals surface area contributed by atoms with E-state index in [2.05, 4.69) is 52.9 Å². The van der Waals surface area contributed by atoms with Crippen LogP contribution in [0, 0.1) is 6.92 Å². The number of nitrogens with zero attached hydrogens (tertiary/aromatic N) is 3. The molecule has 0 aliphatic carbocycles. The average molecular weight is 352 g/mol. The van der Waals surface area contributed by atoms with Gasteiger partial charge in [0.2, 0.25) is 5.91 Å². The monoisotopic (exact) mass is 352 g/mol. The summed E-state index contributed by atoms with van der Waals surface area (Å²) in [5.41, 5.74) is 9.19. The highest BCUT2D eigenvalue weighted by Crippen LogP contribution is 2.26. The van der Waals surface area contributed by atoms with Crippen molar-refractivity contribution in [2.24, 2.45) is 5.73 Å². The molecule has 0 bridgehead atoms. The molecular formula is C19H20N4OS. The largest absolute Gasteiger partial charge is 0.366 e. The topological polar surface area (TPSA) is 73.8 Å². The van der Waals surface area contributed by atoms with E-state index in [1.807, 2.05) is 12.1 Å². The fourth-order valence-corrected chi connectivity index (χ4v) is 3.47. The van der Waals surface area contributed by atoms with Crippen molar-refractivity contribution in [1.82, 2.24) is 14.8 Å². The number of amides is 1. The summed E-state index contributed by atoms with van der Waals surface area (Å²) in [5, 5.41) is 9.60. The minimum Gasteiger partial charge on any atom is -0.366 e. The van der Waals surface area contributed by atoms with Crippen LogP contribution in [0.4, 0.5) is 0 Å². The molecule has 0 unspecified atom stereocenters. The third-order valence-corrected chi connectivity index (χ3v) is 4.99. The van der Waals surface area contributed by atoms with E-state index in [0.717, 1.165) is 34.4 Å². The minimum absolute atomic E-state index is 0.410. The Morgan fingerprint density at radius 2 is 1.76 bits per heavy atom. The molecule has 128 valence electrons. The molecule has 5 nitrogen and oxygen atoms in total. The van der Waals surface area contributed by atoms with Crippen LogP contribution in [0.2, 0.25) is 0 Å². The Bertz CT molecular complexity index is 869. The number of carbonyl (C=O) groups excluding carboxylic acids is 1. The second-order valence-corrected chi connectivity index (χ2v) is 6.71. The van der Waals surface area contributed by atoms with Crippen LogP contribution in [0.25, 0.3) is 11.4 Å². The first-order chi connectivity index (χ1) is 12.1. The van der Waals surface area contributed by atoms with Gasteiger partial charge in [-0.1, -0.05) is 53.7 Å². The third kappa shape index (κ3) is 3.91. The number of aryl methyl sites for hydroxylation is 1. The van der Waals surface area contributed by atoms with Crippen LogP contribution in [0.3, 0.4) is 0 Å². The smallest absolute Gasteiger partial charge is 0.248 e. The molecule has 0 spiro atoms. The van der Waals surface area contributed by atoms with Crippen LogP contribution in [0.15, 0.2) is 53.7 Å². The van der Waals surface area contributed by atoms with E-state index in [0.29, 0.717) is 5.56 Å². The molecule has 3 rings (SSSR count). The number of rotatable bonds is 6. The van der Waals surface area contributed by atoms with Gasteiger partial charge < -0.3 is 10.3 Å². The van der Waals surface area contributed by atoms with Crippen molar-refractivity contribution in [1.29, 1.82) is 0 Å². The Kier molecular flexibility index (Phi) is 5.19. The molecular weight excluding hydrogens is 332 g/mol. The second-order valence-electron chi connectivity index (χ2n) is 5.77. The number of thioether (sulfide) groups is 1. The lowest BCUT2D eigenvalue weighted by molar-refractivity contribution is 0.100. The van der Waals surface area contributed by atoms with Crippen molar-refractivity contribution in [3.8, 4) is 11.4 Å². The Labute approximate surface area is 151 Å². The Balaban J connectivity index is 1.76. The number of nitrogens with two attached hydrogens (primary N) is 1. The Hall–Kier alpha value is -2.60. The Morgan fingerprint density at radius 3 is 2.36 bits per heavy atom. The molecule has 25 heavy (non-hydrogen) atoms. The highest BCUT2D eigenvalue weighted by Gasteiger charge is 2.13. The predicted molar refractivity (Wildman–Crippen MR) is 100 cm³/mol. The van der Waals surface area contributed by atoms with E-state index in [1.165, 1.54) is 5.56 Å². The number of carbonyl (C=O) groups is 1. The van der Waals surface area contributed by atoms with Gasteiger partial charge in [0, 0.05) is 23.4 Å². The van der Waals surface area contributed by atoms with Gasteiger partial charge in [0.05, 0.1) is 0 Å². The van der Waals surface area contributed by atoms with E-state index in [-0.39, 0.29) is 0 Å².